The van der Waals surface area contributed by atoms with Gasteiger partial charge in [0, 0.05) is 26.2 Å². The van der Waals surface area contributed by atoms with Gasteiger partial charge in [-0.2, -0.15) is 4.31 Å². The largest absolute Gasteiger partial charge is 0.496 e. The van der Waals surface area contributed by atoms with Crippen LogP contribution >= 0.6 is 0 Å². The summed E-state index contributed by atoms with van der Waals surface area (Å²) in [5.74, 6) is -0.0911. The van der Waals surface area contributed by atoms with Crippen LogP contribution in [-0.4, -0.2) is 65.1 Å². The van der Waals surface area contributed by atoms with E-state index < -0.39 is 15.9 Å². The van der Waals surface area contributed by atoms with Crippen molar-refractivity contribution in [2.45, 2.75) is 30.6 Å². The van der Waals surface area contributed by atoms with Gasteiger partial charge in [0.15, 0.2) is 0 Å². The molecule has 2 aromatic carbocycles. The third-order valence-corrected chi connectivity index (χ3v) is 8.02. The summed E-state index contributed by atoms with van der Waals surface area (Å²) in [6, 6.07) is 12.1. The van der Waals surface area contributed by atoms with Crippen molar-refractivity contribution >= 4 is 27.3 Å². The minimum absolute atomic E-state index is 0.108. The highest BCUT2D eigenvalue weighted by Crippen LogP contribution is 2.30. The summed E-state index contributed by atoms with van der Waals surface area (Å²) in [6.07, 6.45) is 3.76. The Labute approximate surface area is 195 Å². The molecule has 2 aliphatic rings. The van der Waals surface area contributed by atoms with E-state index in [4.69, 9.17) is 9.47 Å². The molecule has 2 aromatic rings. The predicted molar refractivity (Wildman–Crippen MR) is 128 cm³/mol. The molecule has 33 heavy (non-hydrogen) atoms. The van der Waals surface area contributed by atoms with Gasteiger partial charge in [-0.15, -0.1) is 0 Å². The van der Waals surface area contributed by atoms with Crippen molar-refractivity contribution in [2.24, 2.45) is 0 Å². The van der Waals surface area contributed by atoms with E-state index in [1.165, 1.54) is 23.5 Å². The summed E-state index contributed by atoms with van der Waals surface area (Å²) in [5, 5.41) is 2.96. The van der Waals surface area contributed by atoms with Gasteiger partial charge in [-0.25, -0.2) is 8.42 Å². The number of carbonyl (C=O) groups excluding carboxylic acids is 1. The molecule has 0 spiro atoms. The molecule has 0 bridgehead atoms. The van der Waals surface area contributed by atoms with Gasteiger partial charge in [-0.05, 0) is 43.2 Å². The number of morpholine rings is 1. The van der Waals surface area contributed by atoms with Gasteiger partial charge in [-0.3, -0.25) is 4.79 Å². The Morgan fingerprint density at radius 2 is 1.67 bits per heavy atom. The summed E-state index contributed by atoms with van der Waals surface area (Å²) in [7, 11) is -2.22. The molecule has 0 aromatic heterocycles. The summed E-state index contributed by atoms with van der Waals surface area (Å²) in [6.45, 7) is 3.74. The average Bonchev–Trinajstić information content (AvgIpc) is 3.15. The average molecular weight is 474 g/mol. The number of ether oxygens (including phenoxy) is 2. The summed E-state index contributed by atoms with van der Waals surface area (Å²) in [4.78, 5) is 15.6. The molecule has 0 unspecified atom stereocenters. The van der Waals surface area contributed by atoms with Crippen LogP contribution in [0.25, 0.3) is 0 Å². The molecule has 0 saturated carbocycles. The first-order chi connectivity index (χ1) is 16.0. The van der Waals surface area contributed by atoms with Crippen molar-refractivity contribution in [3.63, 3.8) is 0 Å². The zero-order valence-electron chi connectivity index (χ0n) is 19.0. The number of amides is 1. The van der Waals surface area contributed by atoms with Gasteiger partial charge < -0.3 is 19.7 Å². The second kappa shape index (κ2) is 10.5. The summed E-state index contributed by atoms with van der Waals surface area (Å²) < 4.78 is 38.9. The van der Waals surface area contributed by atoms with Crippen LogP contribution in [0.1, 0.15) is 36.0 Å². The number of carbonyl (C=O) groups is 1. The zero-order valence-corrected chi connectivity index (χ0v) is 19.8. The molecule has 0 radical (unpaired) electrons. The lowest BCUT2D eigenvalue weighted by Gasteiger charge is -2.30. The minimum atomic E-state index is -3.69. The van der Waals surface area contributed by atoms with E-state index in [-0.39, 0.29) is 10.5 Å². The highest BCUT2D eigenvalue weighted by molar-refractivity contribution is 7.89. The van der Waals surface area contributed by atoms with Gasteiger partial charge in [0.1, 0.15) is 5.75 Å². The molecule has 1 amide bonds. The number of anilines is 2. The Morgan fingerprint density at radius 3 is 2.36 bits per heavy atom. The maximum absolute atomic E-state index is 13.3. The van der Waals surface area contributed by atoms with Crippen molar-refractivity contribution in [1.29, 1.82) is 0 Å². The standard InChI is InChI=1S/C24H31N3O5S/c1-31-23-11-10-19(33(29,30)27-12-6-2-3-7-13-27)18-20(23)24(28)25-21-8-4-5-9-22(21)26-14-16-32-17-15-26/h4-5,8-11,18H,2-3,6-7,12-17H2,1H3,(H,25,28). The number of sulfonamides is 1. The van der Waals surface area contributed by atoms with E-state index >= 15 is 0 Å². The molecular weight excluding hydrogens is 442 g/mol. The molecule has 4 rings (SSSR count). The number of benzene rings is 2. The molecule has 0 atom stereocenters. The second-order valence-corrected chi connectivity index (χ2v) is 10.2. The van der Waals surface area contributed by atoms with Crippen LogP contribution in [0.4, 0.5) is 11.4 Å². The lowest BCUT2D eigenvalue weighted by Crippen LogP contribution is -2.36. The quantitative estimate of drug-likeness (QED) is 0.692. The van der Waals surface area contributed by atoms with E-state index in [2.05, 4.69) is 10.2 Å². The van der Waals surface area contributed by atoms with Crippen molar-refractivity contribution < 1.29 is 22.7 Å². The lowest BCUT2D eigenvalue weighted by atomic mass is 10.1. The smallest absolute Gasteiger partial charge is 0.259 e. The van der Waals surface area contributed by atoms with Crippen molar-refractivity contribution in [1.82, 2.24) is 4.31 Å². The Bertz CT molecular complexity index is 1080. The highest BCUT2D eigenvalue weighted by atomic mass is 32.2. The molecule has 2 aliphatic heterocycles. The van der Waals surface area contributed by atoms with E-state index in [1.54, 1.807) is 6.07 Å². The topological polar surface area (TPSA) is 88.2 Å². The van der Waals surface area contributed by atoms with Crippen LogP contribution in [0.2, 0.25) is 0 Å². The van der Waals surface area contributed by atoms with Crippen molar-refractivity contribution in [3.05, 3.63) is 48.0 Å². The monoisotopic (exact) mass is 473 g/mol. The van der Waals surface area contributed by atoms with E-state index in [1.807, 2.05) is 24.3 Å². The number of nitrogens with one attached hydrogen (secondary N) is 1. The fourth-order valence-corrected chi connectivity index (χ4v) is 5.85. The van der Waals surface area contributed by atoms with Crippen LogP contribution in [0, 0.1) is 0 Å². The van der Waals surface area contributed by atoms with Gasteiger partial charge in [0.2, 0.25) is 10.0 Å². The first-order valence-corrected chi connectivity index (χ1v) is 12.9. The number of hydrogen-bond acceptors (Lipinski definition) is 6. The van der Waals surface area contributed by atoms with Crippen LogP contribution in [0.5, 0.6) is 5.75 Å². The third-order valence-electron chi connectivity index (χ3n) is 6.12. The number of nitrogens with zero attached hydrogens (tertiary/aromatic N) is 2. The molecule has 0 aliphatic carbocycles. The number of methoxy groups -OCH3 is 1. The maximum Gasteiger partial charge on any atom is 0.259 e. The summed E-state index contributed by atoms with van der Waals surface area (Å²) in [5.41, 5.74) is 1.75. The first-order valence-electron chi connectivity index (χ1n) is 11.4. The Morgan fingerprint density at radius 1 is 0.970 bits per heavy atom. The molecule has 8 nitrogen and oxygen atoms in total. The van der Waals surface area contributed by atoms with Crippen LogP contribution in [-0.2, 0) is 14.8 Å². The van der Waals surface area contributed by atoms with Crippen LogP contribution in [0.15, 0.2) is 47.4 Å². The normalized spacial score (nSPS) is 17.9. The van der Waals surface area contributed by atoms with Gasteiger partial charge in [0.05, 0.1) is 42.2 Å². The molecule has 2 fully saturated rings. The molecule has 2 heterocycles. The summed E-state index contributed by atoms with van der Waals surface area (Å²) >= 11 is 0. The number of para-hydroxylation sites is 2. The lowest BCUT2D eigenvalue weighted by molar-refractivity contribution is 0.102. The number of hydrogen-bond donors (Lipinski definition) is 1. The van der Waals surface area contributed by atoms with Crippen LogP contribution in [0.3, 0.4) is 0 Å². The predicted octanol–water partition coefficient (Wildman–Crippen LogP) is 3.35. The Kier molecular flexibility index (Phi) is 7.52. The SMILES string of the molecule is COc1ccc(S(=O)(=O)N2CCCCCC2)cc1C(=O)Nc1ccccc1N1CCOCC1. The molecular formula is C24H31N3O5S. The Balaban J connectivity index is 1.62. The fraction of sp³-hybridized carbons (Fsp3) is 0.458. The van der Waals surface area contributed by atoms with Crippen molar-refractivity contribution in [2.75, 3.05) is 56.7 Å². The van der Waals surface area contributed by atoms with Gasteiger partial charge in [0.25, 0.3) is 5.91 Å². The Hall–Kier alpha value is -2.62. The highest BCUT2D eigenvalue weighted by Gasteiger charge is 2.27. The van der Waals surface area contributed by atoms with E-state index in [0.717, 1.165) is 44.5 Å². The fourth-order valence-electron chi connectivity index (χ4n) is 4.31. The van der Waals surface area contributed by atoms with Gasteiger partial charge in [-0.1, -0.05) is 25.0 Å². The van der Waals surface area contributed by atoms with E-state index in [0.29, 0.717) is 37.7 Å². The first kappa shape index (κ1) is 23.5. The van der Waals surface area contributed by atoms with E-state index in [9.17, 15) is 13.2 Å². The molecule has 178 valence electrons. The maximum atomic E-state index is 13.3. The third kappa shape index (κ3) is 5.31. The van der Waals surface area contributed by atoms with Crippen LogP contribution < -0.4 is 15.0 Å². The van der Waals surface area contributed by atoms with Crippen molar-refractivity contribution in [3.8, 4) is 5.75 Å². The second-order valence-electron chi connectivity index (χ2n) is 8.25. The number of rotatable bonds is 6. The molecule has 2 saturated heterocycles. The minimum Gasteiger partial charge on any atom is -0.496 e. The molecule has 9 heteroatoms. The zero-order chi connectivity index (χ0) is 23.3. The molecule has 1 N–H and O–H groups in total. The van der Waals surface area contributed by atoms with Gasteiger partial charge >= 0.3 is 0 Å².